The highest BCUT2D eigenvalue weighted by Gasteiger charge is 2.21. The van der Waals surface area contributed by atoms with Gasteiger partial charge in [0.15, 0.2) is 18.1 Å². The molecule has 0 saturated heterocycles. The van der Waals surface area contributed by atoms with Crippen LogP contribution in [0.3, 0.4) is 0 Å². The minimum atomic E-state index is -0.893. The van der Waals surface area contributed by atoms with E-state index in [-0.39, 0.29) is 18.4 Å². The Balaban J connectivity index is 2.07. The van der Waals surface area contributed by atoms with E-state index >= 15 is 0 Å². The number of carbonyl (C=O) groups excluding carboxylic acids is 1. The lowest BCUT2D eigenvalue weighted by molar-refractivity contribution is -0.140. The fourth-order valence-electron chi connectivity index (χ4n) is 2.90. The van der Waals surface area contributed by atoms with Gasteiger partial charge in [0.1, 0.15) is 6.04 Å². The second-order valence-corrected chi connectivity index (χ2v) is 8.32. The predicted molar refractivity (Wildman–Crippen MR) is 124 cm³/mol. The summed E-state index contributed by atoms with van der Waals surface area (Å²) < 4.78 is 12.1. The number of hydrogen-bond acceptors (Lipinski definition) is 5. The molecule has 1 unspecified atom stereocenters. The van der Waals surface area contributed by atoms with Crippen molar-refractivity contribution in [2.45, 2.75) is 40.3 Å². The van der Waals surface area contributed by atoms with Crippen LogP contribution in [0.2, 0.25) is 0 Å². The summed E-state index contributed by atoms with van der Waals surface area (Å²) in [5.41, 5.74) is 2.63. The first kappa shape index (κ1) is 24.7. The van der Waals surface area contributed by atoms with Gasteiger partial charge in [-0.25, -0.2) is 0 Å². The number of amides is 1. The van der Waals surface area contributed by atoms with Gasteiger partial charge in [0.05, 0.1) is 6.61 Å². The molecule has 2 aromatic carbocycles. The van der Waals surface area contributed by atoms with Crippen LogP contribution >= 0.6 is 15.9 Å². The molecule has 1 atom stereocenters. The highest BCUT2D eigenvalue weighted by molar-refractivity contribution is 9.10. The van der Waals surface area contributed by atoms with Gasteiger partial charge < -0.3 is 25.2 Å². The van der Waals surface area contributed by atoms with Crippen molar-refractivity contribution in [1.29, 1.82) is 0 Å². The van der Waals surface area contributed by atoms with Crippen molar-refractivity contribution >= 4 is 33.5 Å². The van der Waals surface area contributed by atoms with E-state index in [2.05, 4.69) is 26.6 Å². The van der Waals surface area contributed by atoms with E-state index in [1.165, 1.54) is 0 Å². The molecule has 2 rings (SSSR count). The number of anilines is 1. The molecular weight excluding hydrogens is 464 g/mol. The number of aliphatic carboxylic acids is 1. The van der Waals surface area contributed by atoms with E-state index in [9.17, 15) is 14.7 Å². The smallest absolute Gasteiger partial charge is 0.320 e. The SMILES string of the molecule is CCOc1cc(CNC(C(=O)O)C(C)C)c(Br)cc1OCC(=O)Nc1ccc(C)cc1. The topological polar surface area (TPSA) is 96.9 Å². The second kappa shape index (κ2) is 11.7. The molecule has 1 amide bonds. The molecule has 2 aromatic rings. The molecule has 168 valence electrons. The largest absolute Gasteiger partial charge is 0.490 e. The van der Waals surface area contributed by atoms with Crippen LogP contribution in [0.4, 0.5) is 5.69 Å². The fraction of sp³-hybridized carbons (Fsp3) is 0.391. The first-order chi connectivity index (χ1) is 14.7. The van der Waals surface area contributed by atoms with Gasteiger partial charge in [-0.1, -0.05) is 47.5 Å². The van der Waals surface area contributed by atoms with E-state index in [1.54, 1.807) is 12.1 Å². The van der Waals surface area contributed by atoms with E-state index in [1.807, 2.05) is 52.0 Å². The van der Waals surface area contributed by atoms with Gasteiger partial charge in [-0.2, -0.15) is 0 Å². The highest BCUT2D eigenvalue weighted by Crippen LogP contribution is 2.34. The lowest BCUT2D eigenvalue weighted by Crippen LogP contribution is -2.40. The van der Waals surface area contributed by atoms with Crippen LogP contribution in [-0.4, -0.2) is 36.2 Å². The molecule has 0 fully saturated rings. The van der Waals surface area contributed by atoms with Crippen LogP contribution in [0.5, 0.6) is 11.5 Å². The number of rotatable bonds is 11. The van der Waals surface area contributed by atoms with Crippen LogP contribution in [0.25, 0.3) is 0 Å². The Bertz CT molecular complexity index is 900. The average molecular weight is 493 g/mol. The molecule has 0 aromatic heterocycles. The number of aryl methyl sites for hydroxylation is 1. The fourth-order valence-corrected chi connectivity index (χ4v) is 3.36. The number of benzene rings is 2. The molecule has 0 aliphatic carbocycles. The van der Waals surface area contributed by atoms with E-state index in [0.717, 1.165) is 15.6 Å². The van der Waals surface area contributed by atoms with Crippen molar-refractivity contribution in [3.8, 4) is 11.5 Å². The van der Waals surface area contributed by atoms with Crippen LogP contribution in [0.1, 0.15) is 31.9 Å². The number of carbonyl (C=O) groups is 2. The number of nitrogens with one attached hydrogen (secondary N) is 2. The van der Waals surface area contributed by atoms with Gasteiger partial charge in [0.2, 0.25) is 0 Å². The summed E-state index contributed by atoms with van der Waals surface area (Å²) in [6.45, 7) is 8.12. The Morgan fingerprint density at radius 1 is 1.10 bits per heavy atom. The van der Waals surface area contributed by atoms with Gasteiger partial charge in [-0.05, 0) is 49.6 Å². The molecule has 0 saturated carbocycles. The zero-order valence-electron chi connectivity index (χ0n) is 18.2. The molecule has 0 aliphatic rings. The molecule has 0 bridgehead atoms. The Labute approximate surface area is 191 Å². The van der Waals surface area contributed by atoms with Crippen LogP contribution < -0.4 is 20.1 Å². The summed E-state index contributed by atoms with van der Waals surface area (Å²) >= 11 is 3.50. The number of halogens is 1. The first-order valence-electron chi connectivity index (χ1n) is 10.1. The van der Waals surface area contributed by atoms with Gasteiger partial charge in [0.25, 0.3) is 5.91 Å². The summed E-state index contributed by atoms with van der Waals surface area (Å²) in [6, 6.07) is 10.4. The summed E-state index contributed by atoms with van der Waals surface area (Å²) in [5, 5.41) is 15.2. The number of ether oxygens (including phenoxy) is 2. The molecule has 0 aliphatic heterocycles. The van der Waals surface area contributed by atoms with Gasteiger partial charge in [0, 0.05) is 16.7 Å². The zero-order valence-corrected chi connectivity index (χ0v) is 19.8. The monoisotopic (exact) mass is 492 g/mol. The Kier molecular flexibility index (Phi) is 9.33. The Morgan fingerprint density at radius 3 is 2.32 bits per heavy atom. The maximum Gasteiger partial charge on any atom is 0.320 e. The molecule has 0 spiro atoms. The van der Waals surface area contributed by atoms with Gasteiger partial charge >= 0.3 is 5.97 Å². The third-order valence-electron chi connectivity index (χ3n) is 4.55. The lowest BCUT2D eigenvalue weighted by atomic mass is 10.0. The molecule has 3 N–H and O–H groups in total. The van der Waals surface area contributed by atoms with Crippen LogP contribution in [0.15, 0.2) is 40.9 Å². The molecule has 7 nitrogen and oxygen atoms in total. The van der Waals surface area contributed by atoms with Crippen molar-refractivity contribution in [1.82, 2.24) is 5.32 Å². The quantitative estimate of drug-likeness (QED) is 0.430. The van der Waals surface area contributed by atoms with Crippen molar-refractivity contribution in [2.24, 2.45) is 5.92 Å². The van der Waals surface area contributed by atoms with Crippen molar-refractivity contribution in [2.75, 3.05) is 18.5 Å². The molecule has 0 heterocycles. The minimum Gasteiger partial charge on any atom is -0.490 e. The van der Waals surface area contributed by atoms with E-state index < -0.39 is 12.0 Å². The molecule has 31 heavy (non-hydrogen) atoms. The van der Waals surface area contributed by atoms with E-state index in [4.69, 9.17) is 9.47 Å². The van der Waals surface area contributed by atoms with Crippen molar-refractivity contribution in [3.63, 3.8) is 0 Å². The predicted octanol–water partition coefficient (Wildman–Crippen LogP) is 4.37. The zero-order chi connectivity index (χ0) is 23.0. The summed E-state index contributed by atoms with van der Waals surface area (Å²) in [5.74, 6) is -0.320. The standard InChI is InChI=1S/C23H29BrN2O5/c1-5-30-19-10-16(12-25-22(14(2)3)23(28)29)18(24)11-20(19)31-13-21(27)26-17-8-6-15(4)7-9-17/h6-11,14,22,25H,5,12-13H2,1-4H3,(H,26,27)(H,28,29). The van der Waals surface area contributed by atoms with Crippen molar-refractivity contribution < 1.29 is 24.2 Å². The summed E-state index contributed by atoms with van der Waals surface area (Å²) in [7, 11) is 0. The van der Waals surface area contributed by atoms with Gasteiger partial charge in [-0.15, -0.1) is 0 Å². The Morgan fingerprint density at radius 2 is 1.74 bits per heavy atom. The first-order valence-corrected chi connectivity index (χ1v) is 10.9. The number of carboxylic acid groups (broad SMARTS) is 1. The maximum absolute atomic E-state index is 12.2. The summed E-state index contributed by atoms with van der Waals surface area (Å²) in [4.78, 5) is 23.7. The second-order valence-electron chi connectivity index (χ2n) is 7.47. The third kappa shape index (κ3) is 7.56. The molecule has 8 heteroatoms. The Hall–Kier alpha value is -2.58. The number of carboxylic acids is 1. The average Bonchev–Trinajstić information content (AvgIpc) is 2.70. The number of hydrogen-bond donors (Lipinski definition) is 3. The van der Waals surface area contributed by atoms with Crippen molar-refractivity contribution in [3.05, 3.63) is 52.0 Å². The third-order valence-corrected chi connectivity index (χ3v) is 5.29. The van der Waals surface area contributed by atoms with Gasteiger partial charge in [-0.3, -0.25) is 9.59 Å². The molecule has 0 radical (unpaired) electrons. The van der Waals surface area contributed by atoms with Crippen LogP contribution in [-0.2, 0) is 16.1 Å². The highest BCUT2D eigenvalue weighted by atomic mass is 79.9. The van der Waals surface area contributed by atoms with Crippen LogP contribution in [0, 0.1) is 12.8 Å². The molecular formula is C23H29BrN2O5. The van der Waals surface area contributed by atoms with E-state index in [0.29, 0.717) is 30.3 Å². The maximum atomic E-state index is 12.2. The normalized spacial score (nSPS) is 11.8. The lowest BCUT2D eigenvalue weighted by Gasteiger charge is -2.19. The summed E-state index contributed by atoms with van der Waals surface area (Å²) in [6.07, 6.45) is 0. The minimum absolute atomic E-state index is 0.0581.